The molecule has 0 bridgehead atoms. The van der Waals surface area contributed by atoms with Crippen molar-refractivity contribution in [3.8, 4) is 11.1 Å². The summed E-state index contributed by atoms with van der Waals surface area (Å²) in [6.07, 6.45) is -0.976. The maximum Gasteiger partial charge on any atom is 0.273 e. The van der Waals surface area contributed by atoms with Crippen molar-refractivity contribution in [1.29, 1.82) is 0 Å². The van der Waals surface area contributed by atoms with E-state index in [0.29, 0.717) is 11.1 Å². The van der Waals surface area contributed by atoms with E-state index in [9.17, 15) is 26.4 Å². The highest BCUT2D eigenvalue weighted by Gasteiger charge is 2.49. The molecule has 0 spiro atoms. The molecule has 7 nitrogen and oxygen atoms in total. The maximum absolute atomic E-state index is 14.9. The molecule has 0 aromatic heterocycles. The van der Waals surface area contributed by atoms with Gasteiger partial charge in [-0.05, 0) is 31.0 Å². The normalized spacial score (nSPS) is 26.2. The van der Waals surface area contributed by atoms with Crippen LogP contribution in [0.4, 0.5) is 13.2 Å². The molecule has 4 rings (SSSR count). The first-order valence-corrected chi connectivity index (χ1v) is 13.8. The summed E-state index contributed by atoms with van der Waals surface area (Å²) in [7, 11) is -2.40. The zero-order valence-electron chi connectivity index (χ0n) is 20.5. The zero-order valence-corrected chi connectivity index (χ0v) is 22.0. The second-order valence-corrected chi connectivity index (χ2v) is 12.1. The number of nitrogens with zero attached hydrogens (tertiary/aromatic N) is 2. The van der Waals surface area contributed by atoms with Crippen molar-refractivity contribution in [2.24, 2.45) is 10.7 Å². The second kappa shape index (κ2) is 9.59. The molecule has 37 heavy (non-hydrogen) atoms. The van der Waals surface area contributed by atoms with Gasteiger partial charge in [0.05, 0.1) is 21.9 Å². The average molecular weight is 558 g/mol. The first-order valence-electron chi connectivity index (χ1n) is 11.5. The van der Waals surface area contributed by atoms with Crippen molar-refractivity contribution in [2.75, 3.05) is 13.4 Å². The number of carbonyl (C=O) groups is 1. The highest BCUT2D eigenvalue weighted by molar-refractivity contribution is 7.90. The first-order chi connectivity index (χ1) is 17.2. The van der Waals surface area contributed by atoms with Crippen LogP contribution >= 0.6 is 11.6 Å². The van der Waals surface area contributed by atoms with Crippen LogP contribution in [0, 0.1) is 5.82 Å². The average Bonchev–Trinajstić information content (AvgIpc) is 2.79. The molecule has 0 unspecified atom stereocenters. The van der Waals surface area contributed by atoms with E-state index in [1.807, 2.05) is 0 Å². The molecule has 3 atom stereocenters. The van der Waals surface area contributed by atoms with Gasteiger partial charge in [0.1, 0.15) is 11.9 Å². The topological polar surface area (TPSA) is 102 Å². The Morgan fingerprint density at radius 1 is 1.22 bits per heavy atom. The number of methoxy groups -OCH3 is 1. The van der Waals surface area contributed by atoms with Gasteiger partial charge in [0, 0.05) is 43.4 Å². The Kier molecular flexibility index (Phi) is 7.11. The van der Waals surface area contributed by atoms with Crippen molar-refractivity contribution in [3.63, 3.8) is 0 Å². The number of benzene rings is 2. The van der Waals surface area contributed by atoms with Gasteiger partial charge in [0.15, 0.2) is 15.8 Å². The number of guanidine groups is 1. The molecule has 12 heteroatoms. The standard InChI is InChI=1S/C25H27ClF3N3O4S/c1-24(13-21(33)32(23(30)31-24)14-9-10-25(28,29)20(11-14)36-2)18-6-4-5-17(22(18)26)16-8-7-15(12-19(16)27)37(3,34)35/h4-8,12,14,20H,9-11,13H2,1-3H3,(H2,30,31)/t14-,20-,24-/m0/s1. The third-order valence-corrected chi connectivity index (χ3v) is 8.55. The predicted octanol–water partition coefficient (Wildman–Crippen LogP) is 4.51. The van der Waals surface area contributed by atoms with E-state index in [4.69, 9.17) is 22.1 Å². The zero-order chi connectivity index (χ0) is 27.3. The Morgan fingerprint density at radius 2 is 1.92 bits per heavy atom. The molecule has 0 radical (unpaired) electrons. The lowest BCUT2D eigenvalue weighted by Crippen LogP contribution is -2.57. The van der Waals surface area contributed by atoms with E-state index < -0.39 is 51.6 Å². The largest absolute Gasteiger partial charge is 0.375 e. The van der Waals surface area contributed by atoms with Gasteiger partial charge in [-0.1, -0.05) is 35.9 Å². The number of halogens is 4. The Bertz CT molecular complexity index is 1390. The number of rotatable bonds is 5. The fourth-order valence-electron chi connectivity index (χ4n) is 5.06. The van der Waals surface area contributed by atoms with E-state index in [2.05, 4.69) is 4.99 Å². The fraction of sp³-hybridized carbons (Fsp3) is 0.440. The molecule has 0 saturated heterocycles. The number of nitrogens with two attached hydrogens (primary N) is 1. The summed E-state index contributed by atoms with van der Waals surface area (Å²) in [5.74, 6) is -4.28. The lowest BCUT2D eigenvalue weighted by molar-refractivity contribution is -0.160. The third kappa shape index (κ3) is 5.08. The van der Waals surface area contributed by atoms with Crippen molar-refractivity contribution < 1.29 is 31.1 Å². The summed E-state index contributed by atoms with van der Waals surface area (Å²) in [6.45, 7) is 1.66. The molecule has 1 aliphatic heterocycles. The van der Waals surface area contributed by atoms with Gasteiger partial charge in [-0.2, -0.15) is 0 Å². The van der Waals surface area contributed by atoms with Gasteiger partial charge < -0.3 is 10.5 Å². The summed E-state index contributed by atoms with van der Waals surface area (Å²) in [4.78, 5) is 18.9. The Hall–Kier alpha value is -2.63. The van der Waals surface area contributed by atoms with E-state index in [1.165, 1.54) is 24.1 Å². The number of hydrogen-bond donors (Lipinski definition) is 1. The number of hydrogen-bond acceptors (Lipinski definition) is 6. The number of alkyl halides is 2. The summed E-state index contributed by atoms with van der Waals surface area (Å²) >= 11 is 6.70. The number of ether oxygens (including phenoxy) is 1. The number of aliphatic imine (C=N–C) groups is 1. The predicted molar refractivity (Wildman–Crippen MR) is 134 cm³/mol. The van der Waals surface area contributed by atoms with Crippen LogP contribution < -0.4 is 5.73 Å². The number of amides is 1. The third-order valence-electron chi connectivity index (χ3n) is 7.03. The number of carbonyl (C=O) groups excluding carboxylic acids is 1. The van der Waals surface area contributed by atoms with E-state index in [0.717, 1.165) is 12.3 Å². The molecule has 2 aromatic carbocycles. The molecule has 2 aromatic rings. The van der Waals surface area contributed by atoms with Crippen LogP contribution in [0.1, 0.15) is 38.2 Å². The second-order valence-electron chi connectivity index (χ2n) is 9.68. The molecule has 1 heterocycles. The quantitative estimate of drug-likeness (QED) is 0.582. The van der Waals surface area contributed by atoms with E-state index >= 15 is 0 Å². The minimum atomic E-state index is -3.60. The first kappa shape index (κ1) is 27.4. The highest BCUT2D eigenvalue weighted by Crippen LogP contribution is 2.44. The van der Waals surface area contributed by atoms with Gasteiger partial charge >= 0.3 is 0 Å². The van der Waals surface area contributed by atoms with Gasteiger partial charge in [-0.3, -0.25) is 9.69 Å². The summed E-state index contributed by atoms with van der Waals surface area (Å²) in [5.41, 5.74) is 5.80. The SMILES string of the molecule is CO[C@H]1C[C@@H](N2C(=O)C[C@@](C)(c3cccc(-c4ccc(S(C)(=O)=O)cc4F)c3Cl)N=C2N)CCC1(F)F. The van der Waals surface area contributed by atoms with Crippen LogP contribution in [0.2, 0.25) is 5.02 Å². The minimum absolute atomic E-state index is 0.0462. The Balaban J connectivity index is 1.69. The Morgan fingerprint density at radius 3 is 2.51 bits per heavy atom. The summed E-state index contributed by atoms with van der Waals surface area (Å²) < 4.78 is 71.7. The minimum Gasteiger partial charge on any atom is -0.375 e. The Labute approximate surface area is 218 Å². The van der Waals surface area contributed by atoms with Crippen molar-refractivity contribution in [3.05, 3.63) is 52.8 Å². The summed E-state index contributed by atoms with van der Waals surface area (Å²) in [5, 5.41) is 0.130. The van der Waals surface area contributed by atoms with E-state index in [-0.39, 0.29) is 40.7 Å². The lowest BCUT2D eigenvalue weighted by atomic mass is 9.84. The lowest BCUT2D eigenvalue weighted by Gasteiger charge is -2.43. The maximum atomic E-state index is 14.9. The van der Waals surface area contributed by atoms with Gasteiger partial charge in [-0.25, -0.2) is 26.6 Å². The van der Waals surface area contributed by atoms with E-state index in [1.54, 1.807) is 25.1 Å². The van der Waals surface area contributed by atoms with Crippen molar-refractivity contribution in [2.45, 2.75) is 61.1 Å². The number of sulfone groups is 1. The van der Waals surface area contributed by atoms with Crippen LogP contribution in [-0.4, -0.2) is 56.6 Å². The smallest absolute Gasteiger partial charge is 0.273 e. The molecule has 1 amide bonds. The van der Waals surface area contributed by atoms with Gasteiger partial charge in [-0.15, -0.1) is 0 Å². The molecule has 1 aliphatic carbocycles. The van der Waals surface area contributed by atoms with Gasteiger partial charge in [0.2, 0.25) is 5.91 Å². The molecule has 1 saturated carbocycles. The highest BCUT2D eigenvalue weighted by atomic mass is 35.5. The van der Waals surface area contributed by atoms with Crippen LogP contribution in [0.3, 0.4) is 0 Å². The van der Waals surface area contributed by atoms with Gasteiger partial charge in [0.25, 0.3) is 5.92 Å². The monoisotopic (exact) mass is 557 g/mol. The van der Waals surface area contributed by atoms with Crippen molar-refractivity contribution in [1.82, 2.24) is 4.90 Å². The van der Waals surface area contributed by atoms with Crippen LogP contribution in [0.15, 0.2) is 46.3 Å². The van der Waals surface area contributed by atoms with Crippen LogP contribution in [-0.2, 0) is 24.9 Å². The molecule has 200 valence electrons. The summed E-state index contributed by atoms with van der Waals surface area (Å²) in [6, 6.07) is 7.80. The fourth-order valence-corrected chi connectivity index (χ4v) is 6.13. The van der Waals surface area contributed by atoms with Crippen LogP contribution in [0.5, 0.6) is 0 Å². The molecule has 2 aliphatic rings. The molecule has 1 fully saturated rings. The molecule has 2 N–H and O–H groups in total. The van der Waals surface area contributed by atoms with Crippen molar-refractivity contribution >= 4 is 33.3 Å². The molecular formula is C25H27ClF3N3O4S. The van der Waals surface area contributed by atoms with Crippen LogP contribution in [0.25, 0.3) is 11.1 Å². The molecular weight excluding hydrogens is 531 g/mol.